The van der Waals surface area contributed by atoms with Gasteiger partial charge >= 0.3 is 6.09 Å². The lowest BCUT2D eigenvalue weighted by Gasteiger charge is -2.67. The molecule has 4 aliphatic carbocycles. The average molecular weight is 651 g/mol. The van der Waals surface area contributed by atoms with Crippen LogP contribution in [0.1, 0.15) is 117 Å². The van der Waals surface area contributed by atoms with Gasteiger partial charge in [-0.25, -0.2) is 14.8 Å². The van der Waals surface area contributed by atoms with Gasteiger partial charge in [0.1, 0.15) is 0 Å². The molecule has 0 aliphatic heterocycles. The van der Waals surface area contributed by atoms with Crippen LogP contribution < -0.4 is 5.32 Å². The lowest BCUT2D eigenvalue weighted by atomic mass is 9.41. The summed E-state index contributed by atoms with van der Waals surface area (Å²) in [6.07, 6.45) is 19.8. The fourth-order valence-corrected chi connectivity index (χ4v) is 11.7. The highest BCUT2D eigenvalue weighted by atomic mass is 16.4. The molecule has 10 atom stereocenters. The Morgan fingerprint density at radius 3 is 2.38 bits per heavy atom. The predicted molar refractivity (Wildman–Crippen MR) is 185 cm³/mol. The van der Waals surface area contributed by atoms with Crippen LogP contribution in [-0.2, 0) is 12.8 Å². The number of amides is 1. The molecule has 1 amide bonds. The molecule has 0 bridgehead atoms. The van der Waals surface area contributed by atoms with Crippen LogP contribution in [0, 0.1) is 46.3 Å². The van der Waals surface area contributed by atoms with E-state index < -0.39 is 11.7 Å². The van der Waals surface area contributed by atoms with Crippen LogP contribution in [0.5, 0.6) is 0 Å². The first-order valence-electron chi connectivity index (χ1n) is 18.9. The Bertz CT molecular complexity index is 1300. The molecule has 0 unspecified atom stereocenters. The van der Waals surface area contributed by atoms with Crippen molar-refractivity contribution in [1.82, 2.24) is 30.2 Å². The maximum Gasteiger partial charge on any atom is 0.407 e. The number of hydrogen-bond acceptors (Lipinski definition) is 5. The summed E-state index contributed by atoms with van der Waals surface area (Å²) in [6.45, 7) is 13.4. The summed E-state index contributed by atoms with van der Waals surface area (Å²) < 4.78 is 0. The Kier molecular flexibility index (Phi) is 10.2. The molecule has 0 aromatic carbocycles. The first-order valence-corrected chi connectivity index (χ1v) is 18.9. The molecule has 0 saturated heterocycles. The fourth-order valence-electron chi connectivity index (χ4n) is 11.7. The van der Waals surface area contributed by atoms with Crippen molar-refractivity contribution in [3.8, 4) is 0 Å². The van der Waals surface area contributed by atoms with Crippen LogP contribution in [-0.4, -0.2) is 71.9 Å². The van der Waals surface area contributed by atoms with E-state index in [4.69, 9.17) is 0 Å². The number of H-pyrrole nitrogens is 2. The molecule has 262 valence electrons. The average Bonchev–Trinajstić information content (AvgIpc) is 3.80. The summed E-state index contributed by atoms with van der Waals surface area (Å²) in [4.78, 5) is 28.9. The van der Waals surface area contributed by atoms with Crippen molar-refractivity contribution in [2.24, 2.45) is 46.3 Å². The van der Waals surface area contributed by atoms with E-state index in [1.54, 1.807) is 23.8 Å². The highest BCUT2D eigenvalue weighted by Crippen LogP contribution is 2.69. The van der Waals surface area contributed by atoms with E-state index >= 15 is 0 Å². The minimum absolute atomic E-state index is 0.0763. The third kappa shape index (κ3) is 6.52. The lowest BCUT2D eigenvalue weighted by molar-refractivity contribution is -0.228. The van der Waals surface area contributed by atoms with Crippen molar-refractivity contribution in [1.29, 1.82) is 0 Å². The van der Waals surface area contributed by atoms with Crippen molar-refractivity contribution < 1.29 is 15.0 Å². The molecule has 5 N–H and O–H groups in total. The standard InChI is InChI=1S/C38H62N6O3/c1-25(2)7-6-8-26(3)31-9-10-32-30-19-34(41-17-13-27-21-39-23-42-27)38(47)20-29(44(35(45)46)18-14-28-22-40-24-43-28)11-16-37(38,5)33(30)12-15-36(31,32)4/h21-26,29-34,41,47H,6-20H2,1-5H3,(H,39,42)(H,40,43)(H,45,46)/t26-,29+,30+,31-,32+,33+,34-,36-,37-,38+/m1/s1. The van der Waals surface area contributed by atoms with Gasteiger partial charge in [0.25, 0.3) is 0 Å². The van der Waals surface area contributed by atoms with E-state index in [0.29, 0.717) is 42.6 Å². The Balaban J connectivity index is 1.24. The zero-order valence-corrected chi connectivity index (χ0v) is 29.7. The normalized spacial score (nSPS) is 37.3. The molecule has 0 radical (unpaired) electrons. The molecule has 47 heavy (non-hydrogen) atoms. The third-order valence-electron chi connectivity index (χ3n) is 14.3. The van der Waals surface area contributed by atoms with E-state index in [9.17, 15) is 15.0 Å². The Morgan fingerprint density at radius 1 is 1.00 bits per heavy atom. The molecule has 9 heteroatoms. The van der Waals surface area contributed by atoms with Crippen molar-refractivity contribution in [2.45, 2.75) is 136 Å². The van der Waals surface area contributed by atoms with Crippen molar-refractivity contribution in [3.63, 3.8) is 0 Å². The summed E-state index contributed by atoms with van der Waals surface area (Å²) in [6, 6.07) is -0.286. The number of fused-ring (bicyclic) bond motifs is 5. The van der Waals surface area contributed by atoms with Crippen LogP contribution >= 0.6 is 0 Å². The monoisotopic (exact) mass is 650 g/mol. The first-order chi connectivity index (χ1) is 22.5. The van der Waals surface area contributed by atoms with Crippen LogP contribution in [0.25, 0.3) is 0 Å². The number of imidazole rings is 2. The van der Waals surface area contributed by atoms with Gasteiger partial charge in [0.2, 0.25) is 0 Å². The van der Waals surface area contributed by atoms with Gasteiger partial charge < -0.3 is 30.4 Å². The molecule has 9 nitrogen and oxygen atoms in total. The topological polar surface area (TPSA) is 130 Å². The number of nitrogens with one attached hydrogen (secondary N) is 3. The van der Waals surface area contributed by atoms with Gasteiger partial charge in [0.05, 0.1) is 18.3 Å². The summed E-state index contributed by atoms with van der Waals surface area (Å²) >= 11 is 0. The van der Waals surface area contributed by atoms with Gasteiger partial charge in [-0.3, -0.25) is 0 Å². The molecular formula is C38H62N6O3. The molecule has 2 heterocycles. The number of rotatable bonds is 13. The summed E-state index contributed by atoms with van der Waals surface area (Å²) in [7, 11) is 0. The number of aliphatic hydroxyl groups is 1. The second-order valence-electron chi connectivity index (χ2n) is 17.0. The molecule has 4 saturated carbocycles. The highest BCUT2D eigenvalue weighted by molar-refractivity contribution is 5.65. The van der Waals surface area contributed by atoms with Gasteiger partial charge in [0, 0.05) is 67.2 Å². The van der Waals surface area contributed by atoms with Crippen molar-refractivity contribution in [2.75, 3.05) is 13.1 Å². The molecule has 2 aromatic heterocycles. The molecule has 4 fully saturated rings. The van der Waals surface area contributed by atoms with Gasteiger partial charge in [-0.2, -0.15) is 0 Å². The molecule has 4 aliphatic rings. The maximum atomic E-state index is 13.1. The third-order valence-corrected chi connectivity index (χ3v) is 14.3. The maximum absolute atomic E-state index is 13.1. The molecule has 6 rings (SSSR count). The van der Waals surface area contributed by atoms with E-state index in [2.05, 4.69) is 59.9 Å². The minimum Gasteiger partial charge on any atom is -0.465 e. The number of aromatic nitrogens is 4. The van der Waals surface area contributed by atoms with Crippen LogP contribution in [0.2, 0.25) is 0 Å². The van der Waals surface area contributed by atoms with Crippen LogP contribution in [0.4, 0.5) is 4.79 Å². The zero-order chi connectivity index (χ0) is 33.4. The SMILES string of the molecule is CC(C)CCC[C@@H](C)[C@H]1CC[C@H]2[C@@H]3C[C@@H](NCCc4cnc[nH]4)[C@@]4(O)C[C@@H](N(CCc5cnc[nH]5)C(=O)O)CC[C@]4(C)[C@H]3CC[C@]12C. The zero-order valence-electron chi connectivity index (χ0n) is 29.7. The van der Waals surface area contributed by atoms with E-state index in [0.717, 1.165) is 61.4 Å². The van der Waals surface area contributed by atoms with E-state index in [1.807, 2.05) is 6.20 Å². The van der Waals surface area contributed by atoms with Crippen molar-refractivity contribution >= 4 is 6.09 Å². The number of carboxylic acid groups (broad SMARTS) is 1. The van der Waals surface area contributed by atoms with Crippen LogP contribution in [0.15, 0.2) is 25.0 Å². The molecule has 0 spiro atoms. The lowest BCUT2D eigenvalue weighted by Crippen LogP contribution is -2.72. The Morgan fingerprint density at radius 2 is 1.72 bits per heavy atom. The number of hydrogen-bond donors (Lipinski definition) is 5. The minimum atomic E-state index is -0.983. The quantitative estimate of drug-likeness (QED) is 0.158. The number of aromatic amines is 2. The first kappa shape index (κ1) is 34.5. The second-order valence-corrected chi connectivity index (χ2v) is 17.0. The van der Waals surface area contributed by atoms with Gasteiger partial charge in [-0.15, -0.1) is 0 Å². The molecule has 2 aromatic rings. The van der Waals surface area contributed by atoms with Gasteiger partial charge in [-0.1, -0.05) is 53.9 Å². The van der Waals surface area contributed by atoms with Gasteiger partial charge in [0.15, 0.2) is 0 Å². The Hall–Kier alpha value is -2.39. The van der Waals surface area contributed by atoms with E-state index in [-0.39, 0.29) is 17.5 Å². The molecular weight excluding hydrogens is 588 g/mol. The summed E-state index contributed by atoms with van der Waals surface area (Å²) in [5.74, 6) is 4.08. The predicted octanol–water partition coefficient (Wildman–Crippen LogP) is 7.07. The number of carbonyl (C=O) groups is 1. The second kappa shape index (κ2) is 13.9. The summed E-state index contributed by atoms with van der Waals surface area (Å²) in [5.41, 5.74) is 1.16. The van der Waals surface area contributed by atoms with Crippen LogP contribution in [0.3, 0.4) is 0 Å². The number of nitrogens with zero attached hydrogens (tertiary/aromatic N) is 3. The van der Waals surface area contributed by atoms with Gasteiger partial charge in [-0.05, 0) is 92.3 Å². The van der Waals surface area contributed by atoms with E-state index in [1.165, 1.54) is 44.9 Å². The summed E-state index contributed by atoms with van der Waals surface area (Å²) in [5, 5.41) is 27.4. The largest absolute Gasteiger partial charge is 0.465 e. The highest BCUT2D eigenvalue weighted by Gasteiger charge is 2.68. The fraction of sp³-hybridized carbons (Fsp3) is 0.816. The Labute approximate surface area is 282 Å². The smallest absolute Gasteiger partial charge is 0.407 e. The van der Waals surface area contributed by atoms with Crippen molar-refractivity contribution in [3.05, 3.63) is 36.4 Å².